The summed E-state index contributed by atoms with van der Waals surface area (Å²) in [5.74, 6) is 0.316. The third-order valence-corrected chi connectivity index (χ3v) is 2.45. The number of aromatic hydroxyl groups is 1. The molecule has 1 rings (SSSR count). The zero-order valence-electron chi connectivity index (χ0n) is 9.15. The van der Waals surface area contributed by atoms with Crippen LogP contribution < -0.4 is 5.73 Å². The summed E-state index contributed by atoms with van der Waals surface area (Å²) >= 11 is 0. The van der Waals surface area contributed by atoms with E-state index in [0.29, 0.717) is 5.75 Å². The lowest BCUT2D eigenvalue weighted by Gasteiger charge is -2.12. The molecule has 0 fully saturated rings. The van der Waals surface area contributed by atoms with Gasteiger partial charge in [0.1, 0.15) is 5.75 Å². The van der Waals surface area contributed by atoms with Gasteiger partial charge in [0, 0.05) is 11.6 Å². The first-order chi connectivity index (χ1) is 6.75. The molecule has 0 unspecified atom stereocenters. The molecule has 1 aromatic carbocycles. The third kappa shape index (κ3) is 4.54. The molecule has 0 aliphatic carbocycles. The molecule has 0 radical (unpaired) electrons. The van der Waals surface area contributed by atoms with Crippen molar-refractivity contribution in [2.24, 2.45) is 5.73 Å². The standard InChI is InChI=1S/C12H19NO.ClH/c1-2-3-4-8-11(13)10-7-5-6-9-12(10)14;/h5-7,9,11,14H,2-4,8,13H2,1H3;1H/t11-;/m0./s1. The monoisotopic (exact) mass is 229 g/mol. The van der Waals surface area contributed by atoms with Crippen LogP contribution in [0.1, 0.15) is 44.2 Å². The lowest BCUT2D eigenvalue weighted by molar-refractivity contribution is 0.456. The highest BCUT2D eigenvalue weighted by atomic mass is 35.5. The van der Waals surface area contributed by atoms with Crippen LogP contribution in [0.25, 0.3) is 0 Å². The van der Waals surface area contributed by atoms with Crippen molar-refractivity contribution in [1.29, 1.82) is 0 Å². The highest BCUT2D eigenvalue weighted by Crippen LogP contribution is 2.25. The maximum absolute atomic E-state index is 9.56. The Labute approximate surface area is 97.9 Å². The predicted octanol–water partition coefficient (Wildman–Crippen LogP) is 3.39. The maximum atomic E-state index is 9.56. The molecule has 2 nitrogen and oxygen atoms in total. The van der Waals surface area contributed by atoms with Crippen molar-refractivity contribution in [1.82, 2.24) is 0 Å². The van der Waals surface area contributed by atoms with Gasteiger partial charge < -0.3 is 10.8 Å². The molecule has 0 aliphatic rings. The summed E-state index contributed by atoms with van der Waals surface area (Å²) < 4.78 is 0. The van der Waals surface area contributed by atoms with Gasteiger partial charge >= 0.3 is 0 Å². The van der Waals surface area contributed by atoms with Gasteiger partial charge in [-0.3, -0.25) is 0 Å². The summed E-state index contributed by atoms with van der Waals surface area (Å²) in [4.78, 5) is 0. The van der Waals surface area contributed by atoms with Crippen molar-refractivity contribution < 1.29 is 5.11 Å². The largest absolute Gasteiger partial charge is 0.508 e. The van der Waals surface area contributed by atoms with Crippen LogP contribution in [0.15, 0.2) is 24.3 Å². The SMILES string of the molecule is CCCCC[C@H](N)c1ccccc1O.Cl. The van der Waals surface area contributed by atoms with Crippen LogP contribution in [-0.4, -0.2) is 5.11 Å². The second-order valence-electron chi connectivity index (χ2n) is 3.66. The first-order valence-corrected chi connectivity index (χ1v) is 5.29. The summed E-state index contributed by atoms with van der Waals surface area (Å²) in [5.41, 5.74) is 6.84. The van der Waals surface area contributed by atoms with Gasteiger partial charge in [0.2, 0.25) is 0 Å². The molecule has 0 saturated carbocycles. The highest BCUT2D eigenvalue weighted by Gasteiger charge is 2.08. The fourth-order valence-corrected chi connectivity index (χ4v) is 1.57. The van der Waals surface area contributed by atoms with E-state index in [1.807, 2.05) is 18.2 Å². The minimum absolute atomic E-state index is 0. The molecule has 86 valence electrons. The van der Waals surface area contributed by atoms with Crippen LogP contribution in [0.2, 0.25) is 0 Å². The summed E-state index contributed by atoms with van der Waals surface area (Å²) in [7, 11) is 0. The predicted molar refractivity (Wildman–Crippen MR) is 66.4 cm³/mol. The topological polar surface area (TPSA) is 46.2 Å². The van der Waals surface area contributed by atoms with E-state index in [1.54, 1.807) is 6.07 Å². The molecule has 1 atom stereocenters. The van der Waals surface area contributed by atoms with Gasteiger partial charge in [-0.2, -0.15) is 0 Å². The summed E-state index contributed by atoms with van der Waals surface area (Å²) in [6.45, 7) is 2.17. The number of hydrogen-bond acceptors (Lipinski definition) is 2. The normalized spacial score (nSPS) is 11.9. The lowest BCUT2D eigenvalue weighted by atomic mass is 10.0. The van der Waals surface area contributed by atoms with E-state index in [0.717, 1.165) is 18.4 Å². The molecule has 0 bridgehead atoms. The molecule has 0 saturated heterocycles. The van der Waals surface area contributed by atoms with Crippen molar-refractivity contribution in [2.75, 3.05) is 0 Å². The van der Waals surface area contributed by atoms with Gasteiger partial charge in [-0.15, -0.1) is 12.4 Å². The number of halogens is 1. The van der Waals surface area contributed by atoms with E-state index in [1.165, 1.54) is 12.8 Å². The van der Waals surface area contributed by atoms with Gasteiger partial charge in [-0.05, 0) is 12.5 Å². The van der Waals surface area contributed by atoms with Crippen molar-refractivity contribution in [3.05, 3.63) is 29.8 Å². The van der Waals surface area contributed by atoms with Crippen LogP contribution in [-0.2, 0) is 0 Å². The number of unbranched alkanes of at least 4 members (excludes halogenated alkanes) is 2. The van der Waals surface area contributed by atoms with E-state index in [-0.39, 0.29) is 18.4 Å². The van der Waals surface area contributed by atoms with E-state index in [2.05, 4.69) is 6.92 Å². The van der Waals surface area contributed by atoms with E-state index >= 15 is 0 Å². The second kappa shape index (κ2) is 7.55. The van der Waals surface area contributed by atoms with Crippen molar-refractivity contribution in [3.8, 4) is 5.75 Å². The molecule has 3 N–H and O–H groups in total. The highest BCUT2D eigenvalue weighted by molar-refractivity contribution is 5.85. The molecule has 0 amide bonds. The van der Waals surface area contributed by atoms with Crippen LogP contribution in [0.3, 0.4) is 0 Å². The van der Waals surface area contributed by atoms with Gasteiger partial charge in [-0.25, -0.2) is 0 Å². The fraction of sp³-hybridized carbons (Fsp3) is 0.500. The molecule has 0 spiro atoms. The van der Waals surface area contributed by atoms with Crippen molar-refractivity contribution in [3.63, 3.8) is 0 Å². The number of para-hydroxylation sites is 1. The zero-order valence-corrected chi connectivity index (χ0v) is 9.96. The summed E-state index contributed by atoms with van der Waals surface area (Å²) in [5, 5.41) is 9.56. The minimum Gasteiger partial charge on any atom is -0.508 e. The molecule has 3 heteroatoms. The molecule has 0 heterocycles. The number of phenolic OH excluding ortho intramolecular Hbond substituents is 1. The van der Waals surface area contributed by atoms with Crippen LogP contribution in [0, 0.1) is 0 Å². The number of rotatable bonds is 5. The molecule has 1 aromatic rings. The Bertz CT molecular complexity index is 278. The van der Waals surface area contributed by atoms with Crippen LogP contribution in [0.4, 0.5) is 0 Å². The smallest absolute Gasteiger partial charge is 0.120 e. The van der Waals surface area contributed by atoms with E-state index in [4.69, 9.17) is 5.73 Å². The summed E-state index contributed by atoms with van der Waals surface area (Å²) in [6, 6.07) is 7.29. The molecule has 0 aromatic heterocycles. The maximum Gasteiger partial charge on any atom is 0.120 e. The van der Waals surface area contributed by atoms with Gasteiger partial charge in [0.25, 0.3) is 0 Å². The lowest BCUT2D eigenvalue weighted by Crippen LogP contribution is -2.10. The van der Waals surface area contributed by atoms with E-state index < -0.39 is 0 Å². The quantitative estimate of drug-likeness (QED) is 0.761. The Morgan fingerprint density at radius 2 is 1.93 bits per heavy atom. The number of benzene rings is 1. The zero-order chi connectivity index (χ0) is 10.4. The Morgan fingerprint density at radius 3 is 2.53 bits per heavy atom. The van der Waals surface area contributed by atoms with Gasteiger partial charge in [0.05, 0.1) is 0 Å². The van der Waals surface area contributed by atoms with E-state index in [9.17, 15) is 5.11 Å². The Balaban J connectivity index is 0.00000196. The number of nitrogens with two attached hydrogens (primary N) is 1. The molecular weight excluding hydrogens is 210 g/mol. The molecule has 15 heavy (non-hydrogen) atoms. The minimum atomic E-state index is -0.0252. The second-order valence-corrected chi connectivity index (χ2v) is 3.66. The Kier molecular flexibility index (Phi) is 7.18. The molecular formula is C12H20ClNO. The van der Waals surface area contributed by atoms with Crippen LogP contribution in [0.5, 0.6) is 5.75 Å². The number of phenols is 1. The average molecular weight is 230 g/mol. The van der Waals surface area contributed by atoms with Crippen molar-refractivity contribution in [2.45, 2.75) is 38.6 Å². The summed E-state index contributed by atoms with van der Waals surface area (Å²) in [6.07, 6.45) is 4.49. The molecule has 0 aliphatic heterocycles. The fourth-order valence-electron chi connectivity index (χ4n) is 1.57. The van der Waals surface area contributed by atoms with Gasteiger partial charge in [-0.1, -0.05) is 44.4 Å². The number of hydrogen-bond donors (Lipinski definition) is 2. The van der Waals surface area contributed by atoms with Gasteiger partial charge in [0.15, 0.2) is 0 Å². The Morgan fingerprint density at radius 1 is 1.27 bits per heavy atom. The first-order valence-electron chi connectivity index (χ1n) is 5.29. The Hall–Kier alpha value is -0.730. The first kappa shape index (κ1) is 14.3. The van der Waals surface area contributed by atoms with Crippen LogP contribution >= 0.6 is 12.4 Å². The van der Waals surface area contributed by atoms with Crippen molar-refractivity contribution >= 4 is 12.4 Å². The average Bonchev–Trinajstić information content (AvgIpc) is 2.18. The third-order valence-electron chi connectivity index (χ3n) is 2.45.